The number of hydrogen-bond donors (Lipinski definition) is 0. The van der Waals surface area contributed by atoms with Gasteiger partial charge in [-0.1, -0.05) is 121 Å². The zero-order valence-electron chi connectivity index (χ0n) is 23.7. The molecule has 0 fully saturated rings. The van der Waals surface area contributed by atoms with Gasteiger partial charge in [-0.25, -0.2) is 0 Å². The molecule has 10 aromatic rings. The molecule has 0 saturated heterocycles. The Morgan fingerprint density at radius 2 is 0.932 bits per heavy atom. The Hall–Kier alpha value is -5.02. The predicted molar refractivity (Wildman–Crippen MR) is 196 cm³/mol. The molecule has 0 amide bonds. The van der Waals surface area contributed by atoms with E-state index in [9.17, 15) is 0 Å². The summed E-state index contributed by atoms with van der Waals surface area (Å²) < 4.78 is 5.46. The van der Waals surface area contributed by atoms with Crippen LogP contribution in [-0.4, -0.2) is 0 Å². The molecule has 0 unspecified atom stereocenters. The Kier molecular flexibility index (Phi) is 5.13. The highest BCUT2D eigenvalue weighted by atomic mass is 32.1. The van der Waals surface area contributed by atoms with Crippen molar-refractivity contribution in [3.63, 3.8) is 0 Å². The zero-order chi connectivity index (χ0) is 28.8. The molecular formula is C42H24S2. The average Bonchev–Trinajstić information content (AvgIpc) is 3.65. The van der Waals surface area contributed by atoms with Crippen LogP contribution in [0.4, 0.5) is 0 Å². The summed E-state index contributed by atoms with van der Waals surface area (Å²) >= 11 is 3.83. The molecule has 0 N–H and O–H groups in total. The van der Waals surface area contributed by atoms with Crippen molar-refractivity contribution in [2.45, 2.75) is 0 Å². The summed E-state index contributed by atoms with van der Waals surface area (Å²) in [6, 6.07) is 54.0. The SMILES string of the molecule is c1ccc2c(-c3c4ccccc4c(-c4ccc5sc6c(ccc7sc8ccccc8c76)c5c4)c4ccccc34)cccc2c1. The van der Waals surface area contributed by atoms with Gasteiger partial charge < -0.3 is 0 Å². The van der Waals surface area contributed by atoms with Crippen LogP contribution in [0.25, 0.3) is 94.9 Å². The summed E-state index contributed by atoms with van der Waals surface area (Å²) in [5, 5.41) is 13.2. The summed E-state index contributed by atoms with van der Waals surface area (Å²) in [6.07, 6.45) is 0. The van der Waals surface area contributed by atoms with Gasteiger partial charge in [0.25, 0.3) is 0 Å². The molecule has 204 valence electrons. The summed E-state index contributed by atoms with van der Waals surface area (Å²) in [5.74, 6) is 0. The van der Waals surface area contributed by atoms with Crippen LogP contribution >= 0.6 is 22.7 Å². The number of rotatable bonds is 2. The average molecular weight is 593 g/mol. The van der Waals surface area contributed by atoms with Crippen LogP contribution in [0, 0.1) is 0 Å². The molecule has 0 aliphatic heterocycles. The standard InChI is InChI=1S/C42H24S2/c1-2-12-27-25(10-1)11-9-18-28(27)40-31-15-5-3-13-29(31)39(30-14-4-6-16-32(30)40)26-20-22-37-35(24-26)33-21-23-38-41(42(33)44-37)34-17-7-8-19-36(34)43-38/h1-24H. The van der Waals surface area contributed by atoms with Gasteiger partial charge in [0.15, 0.2) is 0 Å². The number of hydrogen-bond acceptors (Lipinski definition) is 2. The van der Waals surface area contributed by atoms with Gasteiger partial charge in [0.1, 0.15) is 0 Å². The molecule has 0 aliphatic rings. The monoisotopic (exact) mass is 592 g/mol. The molecule has 0 aliphatic carbocycles. The first kappa shape index (κ1) is 24.4. The number of thiophene rings is 2. The molecular weight excluding hydrogens is 569 g/mol. The van der Waals surface area contributed by atoms with E-state index in [0.717, 1.165) is 0 Å². The third kappa shape index (κ3) is 3.38. The van der Waals surface area contributed by atoms with E-state index in [1.807, 2.05) is 22.7 Å². The van der Waals surface area contributed by atoms with Crippen LogP contribution in [0.2, 0.25) is 0 Å². The van der Waals surface area contributed by atoms with E-state index < -0.39 is 0 Å². The van der Waals surface area contributed by atoms with Crippen LogP contribution < -0.4 is 0 Å². The Bertz CT molecular complexity index is 2710. The lowest BCUT2D eigenvalue weighted by Gasteiger charge is -2.19. The minimum atomic E-state index is 1.27. The molecule has 2 aromatic heterocycles. The number of fused-ring (bicyclic) bond motifs is 10. The van der Waals surface area contributed by atoms with Crippen LogP contribution in [0.15, 0.2) is 146 Å². The third-order valence-corrected chi connectivity index (χ3v) is 11.6. The quantitative estimate of drug-likeness (QED) is 0.175. The first-order chi connectivity index (χ1) is 21.8. The van der Waals surface area contributed by atoms with Crippen molar-refractivity contribution in [2.24, 2.45) is 0 Å². The lowest BCUT2D eigenvalue weighted by atomic mass is 9.84. The summed E-state index contributed by atoms with van der Waals surface area (Å²) in [5.41, 5.74) is 5.17. The van der Waals surface area contributed by atoms with E-state index in [4.69, 9.17) is 0 Å². The zero-order valence-corrected chi connectivity index (χ0v) is 25.3. The third-order valence-electron chi connectivity index (χ3n) is 9.26. The van der Waals surface area contributed by atoms with E-state index in [-0.39, 0.29) is 0 Å². The maximum Gasteiger partial charge on any atom is 0.0448 e. The fourth-order valence-electron chi connectivity index (χ4n) is 7.37. The molecule has 44 heavy (non-hydrogen) atoms. The van der Waals surface area contributed by atoms with E-state index in [1.165, 1.54) is 94.9 Å². The lowest BCUT2D eigenvalue weighted by molar-refractivity contribution is 1.69. The lowest BCUT2D eigenvalue weighted by Crippen LogP contribution is -1.91. The van der Waals surface area contributed by atoms with Gasteiger partial charge in [-0.2, -0.15) is 0 Å². The Labute approximate surface area is 262 Å². The van der Waals surface area contributed by atoms with Crippen LogP contribution in [0.1, 0.15) is 0 Å². The smallest absolute Gasteiger partial charge is 0.0448 e. The second-order valence-electron chi connectivity index (χ2n) is 11.6. The molecule has 2 heteroatoms. The number of benzene rings is 8. The normalized spacial score (nSPS) is 12.1. The van der Waals surface area contributed by atoms with Gasteiger partial charge in [-0.05, 0) is 78.8 Å². The highest BCUT2D eigenvalue weighted by molar-refractivity contribution is 7.29. The maximum absolute atomic E-state index is 2.44. The van der Waals surface area contributed by atoms with Gasteiger partial charge >= 0.3 is 0 Å². The summed E-state index contributed by atoms with van der Waals surface area (Å²) in [6.45, 7) is 0. The molecule has 0 saturated carbocycles. The summed E-state index contributed by atoms with van der Waals surface area (Å²) in [4.78, 5) is 0. The fraction of sp³-hybridized carbons (Fsp3) is 0. The van der Waals surface area contributed by atoms with Crippen molar-refractivity contribution < 1.29 is 0 Å². The molecule has 0 radical (unpaired) electrons. The first-order valence-corrected chi connectivity index (χ1v) is 16.7. The van der Waals surface area contributed by atoms with E-state index >= 15 is 0 Å². The highest BCUT2D eigenvalue weighted by Gasteiger charge is 2.19. The predicted octanol–water partition coefficient (Wildman–Crippen LogP) is 13.2. The second kappa shape index (κ2) is 9.24. The van der Waals surface area contributed by atoms with Gasteiger partial charge in [-0.3, -0.25) is 0 Å². The van der Waals surface area contributed by atoms with E-state index in [1.54, 1.807) is 0 Å². The van der Waals surface area contributed by atoms with Crippen LogP contribution in [0.5, 0.6) is 0 Å². The molecule has 0 bridgehead atoms. The fourth-order valence-corrected chi connectivity index (χ4v) is 9.79. The van der Waals surface area contributed by atoms with Gasteiger partial charge in [0, 0.05) is 40.3 Å². The van der Waals surface area contributed by atoms with Crippen LogP contribution in [0.3, 0.4) is 0 Å². The second-order valence-corrected chi connectivity index (χ2v) is 13.7. The van der Waals surface area contributed by atoms with Crippen molar-refractivity contribution in [1.29, 1.82) is 0 Å². The largest absolute Gasteiger partial charge is 0.135 e. The van der Waals surface area contributed by atoms with Gasteiger partial charge in [-0.15, -0.1) is 22.7 Å². The van der Waals surface area contributed by atoms with Crippen molar-refractivity contribution >= 4 is 95.3 Å². The minimum Gasteiger partial charge on any atom is -0.135 e. The Balaban J connectivity index is 1.30. The van der Waals surface area contributed by atoms with Crippen molar-refractivity contribution in [3.05, 3.63) is 146 Å². The molecule has 10 rings (SSSR count). The minimum absolute atomic E-state index is 1.27. The highest BCUT2D eigenvalue weighted by Crippen LogP contribution is 2.48. The molecule has 0 spiro atoms. The molecule has 0 nitrogen and oxygen atoms in total. The maximum atomic E-state index is 2.44. The van der Waals surface area contributed by atoms with Crippen LogP contribution in [-0.2, 0) is 0 Å². The molecule has 0 atom stereocenters. The van der Waals surface area contributed by atoms with E-state index in [2.05, 4.69) is 146 Å². The van der Waals surface area contributed by atoms with Gasteiger partial charge in [0.05, 0.1) is 0 Å². The molecule has 2 heterocycles. The summed E-state index contributed by atoms with van der Waals surface area (Å²) in [7, 11) is 0. The van der Waals surface area contributed by atoms with Gasteiger partial charge in [0.2, 0.25) is 0 Å². The van der Waals surface area contributed by atoms with Crippen molar-refractivity contribution in [3.8, 4) is 22.3 Å². The Morgan fingerprint density at radius 1 is 0.341 bits per heavy atom. The Morgan fingerprint density at radius 3 is 1.70 bits per heavy atom. The topological polar surface area (TPSA) is 0 Å². The van der Waals surface area contributed by atoms with E-state index in [0.29, 0.717) is 0 Å². The first-order valence-electron chi connectivity index (χ1n) is 15.0. The molecule has 8 aromatic carbocycles. The van der Waals surface area contributed by atoms with Crippen molar-refractivity contribution in [1.82, 2.24) is 0 Å². The van der Waals surface area contributed by atoms with Crippen molar-refractivity contribution in [2.75, 3.05) is 0 Å².